The van der Waals surface area contributed by atoms with Gasteiger partial charge in [-0.2, -0.15) is 0 Å². The Bertz CT molecular complexity index is 1920. The Balaban J connectivity index is 1.25. The van der Waals surface area contributed by atoms with Crippen LogP contribution in [-0.4, -0.2) is 32.2 Å². The zero-order valence-corrected chi connectivity index (χ0v) is 26.4. The average Bonchev–Trinajstić information content (AvgIpc) is 3.62. The van der Waals surface area contributed by atoms with Gasteiger partial charge in [-0.05, 0) is 91.9 Å². The molecular weight excluding hydrogens is 639 g/mol. The lowest BCUT2D eigenvalue weighted by Gasteiger charge is -2.13. The van der Waals surface area contributed by atoms with Crippen LogP contribution in [0.25, 0.3) is 11.4 Å². The third-order valence-corrected chi connectivity index (χ3v) is 9.73. The summed E-state index contributed by atoms with van der Waals surface area (Å²) >= 11 is 14.8. The lowest BCUT2D eigenvalue weighted by Crippen LogP contribution is -2.14. The summed E-state index contributed by atoms with van der Waals surface area (Å²) in [6.45, 7) is 1.99. The van der Waals surface area contributed by atoms with Crippen LogP contribution in [0.3, 0.4) is 0 Å². The van der Waals surface area contributed by atoms with Crippen molar-refractivity contribution in [1.29, 1.82) is 0 Å². The molecule has 222 valence electrons. The normalized spacial score (nSPS) is 12.8. The van der Waals surface area contributed by atoms with Crippen molar-refractivity contribution in [3.8, 4) is 11.4 Å². The van der Waals surface area contributed by atoms with Crippen LogP contribution in [-0.2, 0) is 12.8 Å². The minimum Gasteiger partial charge on any atom is -0.322 e. The number of benzene rings is 3. The van der Waals surface area contributed by atoms with E-state index >= 15 is 0 Å². The molecule has 1 aliphatic carbocycles. The van der Waals surface area contributed by atoms with Gasteiger partial charge in [-0.1, -0.05) is 47.0 Å². The maximum absolute atomic E-state index is 13.5. The lowest BCUT2D eigenvalue weighted by molar-refractivity contribution is -0.387. The van der Waals surface area contributed by atoms with Gasteiger partial charge in [0.15, 0.2) is 5.82 Å². The maximum Gasteiger partial charge on any atom is 0.283 e. The molecule has 2 aromatic heterocycles. The summed E-state index contributed by atoms with van der Waals surface area (Å²) in [6.07, 6.45) is 5.38. The second kappa shape index (κ2) is 12.9. The number of aromatic amines is 1. The minimum absolute atomic E-state index is 0.113. The second-order valence-corrected chi connectivity index (χ2v) is 13.1. The van der Waals surface area contributed by atoms with Crippen molar-refractivity contribution >= 4 is 74.8 Å². The lowest BCUT2D eigenvalue weighted by atomic mass is 9.95. The minimum atomic E-state index is -0.451. The molecule has 9 nitrogen and oxygen atoms in total. The molecular formula is C31H24Cl2N6O3S2. The molecule has 3 aromatic carbocycles. The van der Waals surface area contributed by atoms with Crippen LogP contribution in [0.1, 0.15) is 44.8 Å². The van der Waals surface area contributed by atoms with Crippen LogP contribution in [0.5, 0.6) is 0 Å². The van der Waals surface area contributed by atoms with Gasteiger partial charge in [-0.25, -0.2) is 9.98 Å². The van der Waals surface area contributed by atoms with E-state index in [4.69, 9.17) is 23.2 Å². The van der Waals surface area contributed by atoms with E-state index in [0.717, 1.165) is 48.6 Å². The number of carbonyl (C=O) groups is 1. The molecule has 44 heavy (non-hydrogen) atoms. The molecule has 0 bridgehead atoms. The monoisotopic (exact) mass is 662 g/mol. The van der Waals surface area contributed by atoms with Crippen LogP contribution >= 0.6 is 46.3 Å². The van der Waals surface area contributed by atoms with Gasteiger partial charge in [0.1, 0.15) is 5.00 Å². The van der Waals surface area contributed by atoms with Gasteiger partial charge in [0, 0.05) is 33.4 Å². The zero-order valence-electron chi connectivity index (χ0n) is 23.3. The number of hydrogen-bond donors (Lipinski definition) is 2. The number of amides is 1. The highest BCUT2D eigenvalue weighted by Gasteiger charge is 2.25. The quantitative estimate of drug-likeness (QED) is 0.0969. The molecule has 0 unspecified atom stereocenters. The number of anilines is 1. The van der Waals surface area contributed by atoms with E-state index in [9.17, 15) is 14.9 Å². The number of carbonyl (C=O) groups excluding carboxylic acids is 1. The highest BCUT2D eigenvalue weighted by molar-refractivity contribution is 7.99. The first-order valence-electron chi connectivity index (χ1n) is 13.7. The summed E-state index contributed by atoms with van der Waals surface area (Å²) in [7, 11) is 0. The third kappa shape index (κ3) is 6.56. The van der Waals surface area contributed by atoms with E-state index < -0.39 is 4.92 Å². The number of fused-ring (bicyclic) bond motifs is 1. The summed E-state index contributed by atoms with van der Waals surface area (Å²) in [6, 6.07) is 17.5. The number of nitrogens with zero attached hydrogens (tertiary/aromatic N) is 4. The number of thiophene rings is 1. The molecule has 2 heterocycles. The number of hydrogen-bond acceptors (Lipinski definition) is 8. The molecule has 0 atom stereocenters. The number of nitro benzene ring substituents is 1. The number of H-pyrrole nitrogens is 1. The molecule has 6 rings (SSSR count). The Kier molecular flexibility index (Phi) is 8.81. The van der Waals surface area contributed by atoms with Gasteiger partial charge >= 0.3 is 0 Å². The number of rotatable bonds is 8. The van der Waals surface area contributed by atoms with Crippen molar-refractivity contribution in [2.24, 2.45) is 4.99 Å². The standard InChI is InChI=1S/C31H24Cl2N6O3S2/c1-17-6-10-20(11-7-17)35-29(40)27-22-4-2-3-5-25(22)43-30(27)34-16-18-8-13-26(24(14-18)39(41)42)44-31-36-28(37-38-31)21-12-9-19(32)15-23(21)33/h6-16H,2-5H2,1H3,(H,35,40)(H,36,37,38). The second-order valence-electron chi connectivity index (χ2n) is 10.1. The number of halogens is 2. The SMILES string of the molecule is Cc1ccc(NC(=O)c2c(N=Cc3ccc(Sc4n[nH]c(-c5ccc(Cl)cc5Cl)n4)c([N+](=O)[O-])c3)sc3c2CCCC3)cc1. The van der Waals surface area contributed by atoms with Crippen LogP contribution in [0.15, 0.2) is 75.7 Å². The molecule has 0 fully saturated rings. The molecule has 5 aromatic rings. The number of aromatic nitrogens is 3. The van der Waals surface area contributed by atoms with E-state index in [2.05, 4.69) is 25.5 Å². The fourth-order valence-electron chi connectivity index (χ4n) is 4.88. The number of nitrogens with one attached hydrogen (secondary N) is 2. The summed E-state index contributed by atoms with van der Waals surface area (Å²) in [4.78, 5) is 35.7. The zero-order chi connectivity index (χ0) is 30.8. The van der Waals surface area contributed by atoms with Gasteiger partial charge in [-0.15, -0.1) is 16.4 Å². The number of nitro groups is 1. The maximum atomic E-state index is 13.5. The Hall–Kier alpha value is -4.03. The fraction of sp³-hybridized carbons (Fsp3) is 0.161. The van der Waals surface area contributed by atoms with Crippen LogP contribution in [0.4, 0.5) is 16.4 Å². The van der Waals surface area contributed by atoms with Crippen molar-refractivity contribution in [1.82, 2.24) is 15.2 Å². The number of aryl methyl sites for hydroxylation is 2. The molecule has 2 N–H and O–H groups in total. The fourth-order valence-corrected chi connectivity index (χ4v) is 7.40. The van der Waals surface area contributed by atoms with Gasteiger partial charge in [-0.3, -0.25) is 20.0 Å². The van der Waals surface area contributed by atoms with E-state index in [1.165, 1.54) is 22.3 Å². The summed E-state index contributed by atoms with van der Waals surface area (Å²) in [5, 5.41) is 23.8. The van der Waals surface area contributed by atoms with Gasteiger partial charge < -0.3 is 5.32 Å². The Morgan fingerprint density at radius 2 is 1.91 bits per heavy atom. The van der Waals surface area contributed by atoms with Gasteiger partial charge in [0.2, 0.25) is 5.16 Å². The smallest absolute Gasteiger partial charge is 0.283 e. The highest BCUT2D eigenvalue weighted by atomic mass is 35.5. The molecule has 0 saturated carbocycles. The van der Waals surface area contributed by atoms with Crippen LogP contribution in [0, 0.1) is 17.0 Å². The first-order chi connectivity index (χ1) is 21.2. The van der Waals surface area contributed by atoms with Crippen molar-refractivity contribution in [3.05, 3.63) is 108 Å². The molecule has 0 aliphatic heterocycles. The van der Waals surface area contributed by atoms with Crippen LogP contribution < -0.4 is 5.32 Å². The summed E-state index contributed by atoms with van der Waals surface area (Å²) in [5.74, 6) is 0.213. The molecule has 0 spiro atoms. The van der Waals surface area contributed by atoms with Crippen molar-refractivity contribution in [3.63, 3.8) is 0 Å². The molecule has 13 heteroatoms. The van der Waals surface area contributed by atoms with E-state index in [0.29, 0.717) is 53.3 Å². The summed E-state index contributed by atoms with van der Waals surface area (Å²) < 4.78 is 0. The molecule has 1 amide bonds. The largest absolute Gasteiger partial charge is 0.322 e. The van der Waals surface area contributed by atoms with Gasteiger partial charge in [0.05, 0.1) is 20.4 Å². The Morgan fingerprint density at radius 3 is 2.68 bits per heavy atom. The Morgan fingerprint density at radius 1 is 1.11 bits per heavy atom. The van der Waals surface area contributed by atoms with E-state index in [-0.39, 0.29) is 11.6 Å². The first kappa shape index (κ1) is 30.0. The summed E-state index contributed by atoms with van der Waals surface area (Å²) in [5.41, 5.74) is 4.46. The highest BCUT2D eigenvalue weighted by Crippen LogP contribution is 2.41. The van der Waals surface area contributed by atoms with Crippen molar-refractivity contribution < 1.29 is 9.72 Å². The van der Waals surface area contributed by atoms with Gasteiger partial charge in [0.25, 0.3) is 11.6 Å². The average molecular weight is 664 g/mol. The molecule has 1 aliphatic rings. The molecule has 0 saturated heterocycles. The Labute approximate surface area is 270 Å². The van der Waals surface area contributed by atoms with Crippen molar-refractivity contribution in [2.45, 2.75) is 42.7 Å². The van der Waals surface area contributed by atoms with E-state index in [1.54, 1.807) is 36.5 Å². The predicted molar refractivity (Wildman–Crippen MR) is 176 cm³/mol. The van der Waals surface area contributed by atoms with E-state index in [1.807, 2.05) is 31.2 Å². The topological polar surface area (TPSA) is 126 Å². The van der Waals surface area contributed by atoms with Crippen molar-refractivity contribution in [2.75, 3.05) is 5.32 Å². The predicted octanol–water partition coefficient (Wildman–Crippen LogP) is 9.09. The van der Waals surface area contributed by atoms with Crippen LogP contribution in [0.2, 0.25) is 10.0 Å². The molecule has 0 radical (unpaired) electrons. The third-order valence-electron chi connectivity index (χ3n) is 7.05. The number of aliphatic imine (C=N–C) groups is 1. The first-order valence-corrected chi connectivity index (χ1v) is 16.0.